The van der Waals surface area contributed by atoms with Crippen molar-refractivity contribution in [3.05, 3.63) is 70.8 Å². The van der Waals surface area contributed by atoms with Crippen molar-refractivity contribution < 1.29 is 19.5 Å². The van der Waals surface area contributed by atoms with Gasteiger partial charge in [-0.05, 0) is 41.8 Å². The molecule has 1 aliphatic heterocycles. The van der Waals surface area contributed by atoms with Crippen molar-refractivity contribution >= 4 is 17.8 Å². The Kier molecular flexibility index (Phi) is 5.31. The number of likely N-dealkylation sites (tertiary alicyclic amines) is 1. The van der Waals surface area contributed by atoms with Crippen LogP contribution in [-0.4, -0.2) is 34.3 Å². The lowest BCUT2D eigenvalue weighted by molar-refractivity contribution is -0.128. The van der Waals surface area contributed by atoms with E-state index in [4.69, 9.17) is 5.11 Å². The first-order chi connectivity index (χ1) is 12.5. The summed E-state index contributed by atoms with van der Waals surface area (Å²) in [4.78, 5) is 36.5. The van der Waals surface area contributed by atoms with Gasteiger partial charge in [0.15, 0.2) is 0 Å². The van der Waals surface area contributed by atoms with Crippen LogP contribution in [0.2, 0.25) is 0 Å². The van der Waals surface area contributed by atoms with Gasteiger partial charge in [-0.25, -0.2) is 4.79 Å². The van der Waals surface area contributed by atoms with Crippen molar-refractivity contribution in [3.8, 4) is 0 Å². The van der Waals surface area contributed by atoms with Gasteiger partial charge in [0.1, 0.15) is 0 Å². The molecule has 3 rings (SSSR count). The third kappa shape index (κ3) is 4.27. The van der Waals surface area contributed by atoms with Crippen LogP contribution in [0.1, 0.15) is 44.7 Å². The lowest BCUT2D eigenvalue weighted by Gasteiger charge is -2.15. The first-order valence-electron chi connectivity index (χ1n) is 8.50. The third-order valence-electron chi connectivity index (χ3n) is 4.41. The lowest BCUT2D eigenvalue weighted by atomic mass is 10.1. The normalized spacial score (nSPS) is 13.7. The fourth-order valence-electron chi connectivity index (χ4n) is 2.90. The molecule has 0 radical (unpaired) electrons. The number of benzene rings is 2. The van der Waals surface area contributed by atoms with Crippen LogP contribution in [0, 0.1) is 0 Å². The summed E-state index contributed by atoms with van der Waals surface area (Å²) in [5.41, 5.74) is 2.59. The maximum Gasteiger partial charge on any atom is 0.335 e. The molecule has 2 amide bonds. The molecule has 0 aromatic heterocycles. The van der Waals surface area contributed by atoms with E-state index in [2.05, 4.69) is 5.32 Å². The number of carbonyl (C=O) groups excluding carboxylic acids is 2. The highest BCUT2D eigenvalue weighted by Gasteiger charge is 2.19. The molecule has 134 valence electrons. The second kappa shape index (κ2) is 7.82. The molecule has 2 aromatic rings. The molecule has 1 saturated heterocycles. The highest BCUT2D eigenvalue weighted by molar-refractivity contribution is 5.95. The standard InChI is InChI=1S/C20H20N2O4/c23-18-2-1-11-22(18)13-15-5-3-14(4-6-15)12-21-19(24)16-7-9-17(10-8-16)20(25)26/h3-10H,1-2,11-13H2,(H,21,24)(H,25,26). The largest absolute Gasteiger partial charge is 0.478 e. The SMILES string of the molecule is O=C(O)c1ccc(C(=O)NCc2ccc(CN3CCCC3=O)cc2)cc1. The van der Waals surface area contributed by atoms with Gasteiger partial charge in [0.2, 0.25) is 5.91 Å². The predicted molar refractivity (Wildman–Crippen MR) is 95.7 cm³/mol. The predicted octanol–water partition coefficient (Wildman–Crippen LogP) is 2.44. The van der Waals surface area contributed by atoms with Crippen molar-refractivity contribution in [2.75, 3.05) is 6.54 Å². The minimum atomic E-state index is -1.02. The molecule has 1 fully saturated rings. The van der Waals surface area contributed by atoms with Gasteiger partial charge in [-0.1, -0.05) is 24.3 Å². The number of hydrogen-bond acceptors (Lipinski definition) is 3. The van der Waals surface area contributed by atoms with Gasteiger partial charge < -0.3 is 15.3 Å². The van der Waals surface area contributed by atoms with Crippen LogP contribution in [0.15, 0.2) is 48.5 Å². The quantitative estimate of drug-likeness (QED) is 0.836. The zero-order chi connectivity index (χ0) is 18.5. The van der Waals surface area contributed by atoms with E-state index in [1.165, 1.54) is 24.3 Å². The number of carboxylic acid groups (broad SMARTS) is 1. The van der Waals surface area contributed by atoms with Crippen molar-refractivity contribution in [3.63, 3.8) is 0 Å². The molecule has 0 unspecified atom stereocenters. The van der Waals surface area contributed by atoms with Crippen LogP contribution in [0.5, 0.6) is 0 Å². The van der Waals surface area contributed by atoms with E-state index in [0.29, 0.717) is 25.1 Å². The summed E-state index contributed by atoms with van der Waals surface area (Å²) < 4.78 is 0. The van der Waals surface area contributed by atoms with Crippen LogP contribution in [-0.2, 0) is 17.9 Å². The van der Waals surface area contributed by atoms with Crippen molar-refractivity contribution in [2.24, 2.45) is 0 Å². The van der Waals surface area contributed by atoms with Crippen LogP contribution in [0.25, 0.3) is 0 Å². The molecular weight excluding hydrogens is 332 g/mol. The second-order valence-corrected chi connectivity index (χ2v) is 6.30. The fraction of sp³-hybridized carbons (Fsp3) is 0.250. The van der Waals surface area contributed by atoms with Crippen LogP contribution < -0.4 is 5.32 Å². The average Bonchev–Trinajstić information content (AvgIpc) is 3.05. The number of nitrogens with zero attached hydrogens (tertiary/aromatic N) is 1. The van der Waals surface area contributed by atoms with E-state index >= 15 is 0 Å². The van der Waals surface area contributed by atoms with E-state index in [0.717, 1.165) is 24.1 Å². The Bertz CT molecular complexity index is 813. The van der Waals surface area contributed by atoms with Crippen LogP contribution in [0.3, 0.4) is 0 Å². The zero-order valence-corrected chi connectivity index (χ0v) is 14.3. The number of carbonyl (C=O) groups is 3. The fourth-order valence-corrected chi connectivity index (χ4v) is 2.90. The molecule has 0 spiro atoms. The molecule has 0 bridgehead atoms. The molecule has 0 aliphatic carbocycles. The van der Waals surface area contributed by atoms with Crippen molar-refractivity contribution in [2.45, 2.75) is 25.9 Å². The maximum absolute atomic E-state index is 12.1. The summed E-state index contributed by atoms with van der Waals surface area (Å²) in [6, 6.07) is 13.6. The third-order valence-corrected chi connectivity index (χ3v) is 4.41. The Hall–Kier alpha value is -3.15. The molecule has 6 nitrogen and oxygen atoms in total. The van der Waals surface area contributed by atoms with Gasteiger partial charge in [-0.2, -0.15) is 0 Å². The first-order valence-corrected chi connectivity index (χ1v) is 8.50. The molecule has 26 heavy (non-hydrogen) atoms. The summed E-state index contributed by atoms with van der Waals surface area (Å²) in [6.45, 7) is 1.82. The number of rotatable bonds is 6. The summed E-state index contributed by atoms with van der Waals surface area (Å²) in [6.07, 6.45) is 1.56. The topological polar surface area (TPSA) is 86.7 Å². The number of aromatic carboxylic acids is 1. The second-order valence-electron chi connectivity index (χ2n) is 6.30. The van der Waals surface area contributed by atoms with Gasteiger partial charge in [0, 0.05) is 31.6 Å². The zero-order valence-electron chi connectivity index (χ0n) is 14.3. The molecule has 0 atom stereocenters. The number of carboxylic acids is 1. The number of nitrogens with one attached hydrogen (secondary N) is 1. The Labute approximate surface area is 151 Å². The molecule has 1 heterocycles. The van der Waals surface area contributed by atoms with E-state index in [-0.39, 0.29) is 17.4 Å². The van der Waals surface area contributed by atoms with Gasteiger partial charge in [-0.3, -0.25) is 9.59 Å². The average molecular weight is 352 g/mol. The van der Waals surface area contributed by atoms with E-state index in [1.807, 2.05) is 29.2 Å². The van der Waals surface area contributed by atoms with E-state index < -0.39 is 5.97 Å². The van der Waals surface area contributed by atoms with E-state index in [9.17, 15) is 14.4 Å². The minimum Gasteiger partial charge on any atom is -0.478 e. The highest BCUT2D eigenvalue weighted by atomic mass is 16.4. The highest BCUT2D eigenvalue weighted by Crippen LogP contribution is 2.15. The number of hydrogen-bond donors (Lipinski definition) is 2. The Balaban J connectivity index is 1.53. The summed E-state index contributed by atoms with van der Waals surface area (Å²) >= 11 is 0. The van der Waals surface area contributed by atoms with Gasteiger partial charge in [0.25, 0.3) is 5.91 Å². The first kappa shape index (κ1) is 17.7. The Morgan fingerprint density at radius 2 is 1.58 bits per heavy atom. The molecular formula is C20H20N2O4. The molecule has 1 aliphatic rings. The molecule has 2 N–H and O–H groups in total. The monoisotopic (exact) mass is 352 g/mol. The Morgan fingerprint density at radius 1 is 0.962 bits per heavy atom. The van der Waals surface area contributed by atoms with Gasteiger partial charge >= 0.3 is 5.97 Å². The minimum absolute atomic E-state index is 0.147. The number of amides is 2. The van der Waals surface area contributed by atoms with Crippen molar-refractivity contribution in [1.29, 1.82) is 0 Å². The molecule has 6 heteroatoms. The van der Waals surface area contributed by atoms with Crippen LogP contribution in [0.4, 0.5) is 0 Å². The smallest absolute Gasteiger partial charge is 0.335 e. The van der Waals surface area contributed by atoms with E-state index in [1.54, 1.807) is 0 Å². The van der Waals surface area contributed by atoms with Crippen LogP contribution >= 0.6 is 0 Å². The Morgan fingerprint density at radius 3 is 2.15 bits per heavy atom. The lowest BCUT2D eigenvalue weighted by Crippen LogP contribution is -2.24. The summed E-state index contributed by atoms with van der Waals surface area (Å²) in [5, 5.41) is 11.7. The van der Waals surface area contributed by atoms with Gasteiger partial charge in [0.05, 0.1) is 5.56 Å². The summed E-state index contributed by atoms with van der Waals surface area (Å²) in [5.74, 6) is -1.07. The summed E-state index contributed by atoms with van der Waals surface area (Å²) in [7, 11) is 0. The molecule has 0 saturated carbocycles. The maximum atomic E-state index is 12.1. The van der Waals surface area contributed by atoms with Gasteiger partial charge in [-0.15, -0.1) is 0 Å². The molecule has 2 aromatic carbocycles. The van der Waals surface area contributed by atoms with Crippen molar-refractivity contribution in [1.82, 2.24) is 10.2 Å².